The first kappa shape index (κ1) is 16.7. The first-order valence-electron chi connectivity index (χ1n) is 8.98. The van der Waals surface area contributed by atoms with Gasteiger partial charge in [0.2, 0.25) is 0 Å². The van der Waals surface area contributed by atoms with E-state index in [2.05, 4.69) is 0 Å². The van der Waals surface area contributed by atoms with Gasteiger partial charge in [0.1, 0.15) is 5.75 Å². The fourth-order valence-electron chi connectivity index (χ4n) is 3.89. The van der Waals surface area contributed by atoms with Crippen molar-refractivity contribution in [3.05, 3.63) is 113 Å². The summed E-state index contributed by atoms with van der Waals surface area (Å²) in [6.45, 7) is 0. The second-order valence-electron chi connectivity index (χ2n) is 6.71. The summed E-state index contributed by atoms with van der Waals surface area (Å²) in [5.41, 5.74) is 1.81. The topological polar surface area (TPSA) is 55.8 Å². The second kappa shape index (κ2) is 6.30. The van der Waals surface area contributed by atoms with Crippen LogP contribution in [0.4, 0.5) is 0 Å². The van der Waals surface area contributed by atoms with Crippen molar-refractivity contribution in [2.45, 2.75) is 5.79 Å². The van der Waals surface area contributed by atoms with E-state index in [9.17, 15) is 10.1 Å². The van der Waals surface area contributed by atoms with E-state index in [1.807, 2.05) is 42.5 Å². The number of ketones is 1. The molecule has 136 valence electrons. The van der Waals surface area contributed by atoms with Gasteiger partial charge in [0.25, 0.3) is 5.79 Å². The summed E-state index contributed by atoms with van der Waals surface area (Å²) in [5, 5.41) is 12.0. The molecule has 1 aliphatic carbocycles. The third-order valence-corrected chi connectivity index (χ3v) is 5.18. The van der Waals surface area contributed by atoms with Gasteiger partial charge in [0.05, 0.1) is 0 Å². The van der Waals surface area contributed by atoms with Crippen LogP contribution >= 0.6 is 0 Å². The Morgan fingerprint density at radius 1 is 0.679 bits per heavy atom. The lowest BCUT2D eigenvalue weighted by Crippen LogP contribution is -2.42. The van der Waals surface area contributed by atoms with Crippen LogP contribution in [0.25, 0.3) is 10.8 Å². The smallest absolute Gasteiger partial charge is 0.294 e. The lowest BCUT2D eigenvalue weighted by atomic mass is 9.80. The summed E-state index contributed by atoms with van der Waals surface area (Å²) in [4.78, 5) is 18.0. The summed E-state index contributed by atoms with van der Waals surface area (Å²) >= 11 is 0. The first-order chi connectivity index (χ1) is 13.7. The van der Waals surface area contributed by atoms with Crippen LogP contribution in [-0.2, 0) is 10.7 Å². The molecule has 0 aromatic heterocycles. The summed E-state index contributed by atoms with van der Waals surface area (Å²) in [6, 6.07) is 27.6. The number of carbonyl (C=O) groups excluding carboxylic acids is 1. The van der Waals surface area contributed by atoms with Gasteiger partial charge in [-0.25, -0.2) is 5.26 Å². The average molecular weight is 368 g/mol. The molecule has 0 saturated carbocycles. The largest absolute Gasteiger partial charge is 0.451 e. The third kappa shape index (κ3) is 2.29. The van der Waals surface area contributed by atoms with Crippen LogP contribution in [0.2, 0.25) is 0 Å². The molecule has 0 spiro atoms. The van der Waals surface area contributed by atoms with Crippen molar-refractivity contribution in [1.29, 1.82) is 0 Å². The van der Waals surface area contributed by atoms with Gasteiger partial charge in [-0.2, -0.15) is 4.89 Å². The molecular formula is C24H16O4. The van der Waals surface area contributed by atoms with E-state index in [1.165, 1.54) is 0 Å². The molecule has 4 nitrogen and oxygen atoms in total. The average Bonchev–Trinajstić information content (AvgIpc) is 2.77. The van der Waals surface area contributed by atoms with Crippen LogP contribution in [0.15, 0.2) is 91.0 Å². The molecule has 0 saturated heterocycles. The van der Waals surface area contributed by atoms with Gasteiger partial charge in [-0.1, -0.05) is 84.9 Å². The number of benzene rings is 4. The zero-order valence-corrected chi connectivity index (χ0v) is 14.8. The van der Waals surface area contributed by atoms with Crippen LogP contribution < -0.4 is 4.74 Å². The third-order valence-electron chi connectivity index (χ3n) is 5.18. The fraction of sp³-hybridized carbons (Fsp3) is 0.0417. The lowest BCUT2D eigenvalue weighted by molar-refractivity contribution is -0.373. The minimum atomic E-state index is -1.65. The molecule has 1 N–H and O–H groups in total. The van der Waals surface area contributed by atoms with E-state index in [4.69, 9.17) is 9.62 Å². The Kier molecular flexibility index (Phi) is 3.76. The predicted molar refractivity (Wildman–Crippen MR) is 105 cm³/mol. The Hall–Kier alpha value is -3.47. The molecule has 0 aliphatic heterocycles. The zero-order chi connectivity index (χ0) is 19.1. The number of hydrogen-bond acceptors (Lipinski definition) is 4. The van der Waals surface area contributed by atoms with Crippen LogP contribution in [0.3, 0.4) is 0 Å². The number of fused-ring (bicyclic) bond motifs is 3. The maximum absolute atomic E-state index is 13.0. The SMILES string of the molecule is O=C1c2ccccc2C(OO)(Oc2cccc3ccccc23)c2ccccc21. The highest BCUT2D eigenvalue weighted by Crippen LogP contribution is 2.44. The Morgan fingerprint density at radius 3 is 1.93 bits per heavy atom. The zero-order valence-electron chi connectivity index (χ0n) is 14.8. The van der Waals surface area contributed by atoms with Crippen molar-refractivity contribution >= 4 is 16.6 Å². The molecule has 4 heteroatoms. The fourth-order valence-corrected chi connectivity index (χ4v) is 3.89. The van der Waals surface area contributed by atoms with Gasteiger partial charge in [0, 0.05) is 27.6 Å². The predicted octanol–water partition coefficient (Wildman–Crippen LogP) is 5.15. The summed E-state index contributed by atoms with van der Waals surface area (Å²) in [7, 11) is 0. The molecule has 0 atom stereocenters. The Bertz CT molecular complexity index is 1160. The number of rotatable bonds is 3. The number of hydrogen-bond donors (Lipinski definition) is 1. The maximum Gasteiger partial charge on any atom is 0.294 e. The standard InChI is InChI=1S/C24H16O4/c25-23-18-11-3-5-13-20(18)24(28-26,21-14-6-4-12-19(21)23)27-22-15-7-9-16-8-1-2-10-17(16)22/h1-15,26H. The molecule has 4 aromatic rings. The summed E-state index contributed by atoms with van der Waals surface area (Å²) in [6.07, 6.45) is 0. The molecular weight excluding hydrogens is 352 g/mol. The second-order valence-corrected chi connectivity index (χ2v) is 6.71. The van der Waals surface area contributed by atoms with Crippen molar-refractivity contribution in [3.63, 3.8) is 0 Å². The van der Waals surface area contributed by atoms with E-state index in [0.717, 1.165) is 10.8 Å². The van der Waals surface area contributed by atoms with Gasteiger partial charge in [-0.15, -0.1) is 0 Å². The molecule has 0 heterocycles. The molecule has 0 amide bonds. The van der Waals surface area contributed by atoms with Gasteiger partial charge in [0.15, 0.2) is 5.78 Å². The molecule has 0 unspecified atom stereocenters. The molecule has 5 rings (SSSR count). The highest BCUT2D eigenvalue weighted by Gasteiger charge is 2.48. The highest BCUT2D eigenvalue weighted by molar-refractivity contribution is 6.13. The van der Waals surface area contributed by atoms with Crippen LogP contribution in [0.5, 0.6) is 5.75 Å². The van der Waals surface area contributed by atoms with E-state index in [1.54, 1.807) is 48.5 Å². The monoisotopic (exact) mass is 368 g/mol. The van der Waals surface area contributed by atoms with Crippen LogP contribution in [0.1, 0.15) is 27.0 Å². The normalized spacial score (nSPS) is 14.4. The molecule has 4 aromatic carbocycles. The van der Waals surface area contributed by atoms with Crippen molar-refractivity contribution in [2.75, 3.05) is 0 Å². The van der Waals surface area contributed by atoms with E-state index in [0.29, 0.717) is 28.0 Å². The molecule has 0 fully saturated rings. The van der Waals surface area contributed by atoms with Gasteiger partial charge >= 0.3 is 0 Å². The molecule has 0 radical (unpaired) electrons. The van der Waals surface area contributed by atoms with Crippen molar-refractivity contribution in [2.24, 2.45) is 0 Å². The maximum atomic E-state index is 13.0. The van der Waals surface area contributed by atoms with Crippen LogP contribution in [0, 0.1) is 0 Å². The van der Waals surface area contributed by atoms with Gasteiger partial charge in [-0.3, -0.25) is 4.79 Å². The molecule has 28 heavy (non-hydrogen) atoms. The number of ether oxygens (including phenoxy) is 1. The minimum absolute atomic E-state index is 0.125. The molecule has 1 aliphatic rings. The summed E-state index contributed by atoms with van der Waals surface area (Å²) in [5.74, 6) is -1.22. The minimum Gasteiger partial charge on any atom is -0.451 e. The first-order valence-corrected chi connectivity index (χ1v) is 8.98. The number of carbonyl (C=O) groups is 1. The van der Waals surface area contributed by atoms with E-state index in [-0.39, 0.29) is 5.78 Å². The lowest BCUT2D eigenvalue weighted by Gasteiger charge is -2.37. The Balaban J connectivity index is 1.79. The van der Waals surface area contributed by atoms with Gasteiger partial charge < -0.3 is 4.74 Å². The van der Waals surface area contributed by atoms with Crippen molar-refractivity contribution in [1.82, 2.24) is 0 Å². The Morgan fingerprint density at radius 2 is 1.25 bits per heavy atom. The van der Waals surface area contributed by atoms with E-state index < -0.39 is 5.79 Å². The molecule has 0 bridgehead atoms. The van der Waals surface area contributed by atoms with Gasteiger partial charge in [-0.05, 0) is 11.5 Å². The van der Waals surface area contributed by atoms with Crippen molar-refractivity contribution < 1.29 is 19.7 Å². The van der Waals surface area contributed by atoms with Crippen molar-refractivity contribution in [3.8, 4) is 5.75 Å². The summed E-state index contributed by atoms with van der Waals surface area (Å²) < 4.78 is 6.38. The Labute approximate surface area is 161 Å². The van der Waals surface area contributed by atoms with E-state index >= 15 is 0 Å². The quantitative estimate of drug-likeness (QED) is 0.308. The highest BCUT2D eigenvalue weighted by atomic mass is 17.1. The van der Waals surface area contributed by atoms with Crippen LogP contribution in [-0.4, -0.2) is 11.0 Å².